The number of nitrogens with one attached hydrogen (secondary N) is 1. The number of ether oxygens (including phenoxy) is 1. The molecular weight excluding hydrogens is 224 g/mol. The highest BCUT2D eigenvalue weighted by Gasteiger charge is 2.14. The Hall–Kier alpha value is -0.120. The molecule has 1 saturated heterocycles. The van der Waals surface area contributed by atoms with Crippen LogP contribution in [0.5, 0.6) is 0 Å². The van der Waals surface area contributed by atoms with Gasteiger partial charge in [0.2, 0.25) is 0 Å². The third-order valence-corrected chi connectivity index (χ3v) is 3.80. The van der Waals surface area contributed by atoms with Gasteiger partial charge in [0.25, 0.3) is 0 Å². The minimum atomic E-state index is 0.676. The SMILES string of the molecule is CCOCCCNCC(C)N1CCCCCCC1. The van der Waals surface area contributed by atoms with Gasteiger partial charge in [0.05, 0.1) is 0 Å². The van der Waals surface area contributed by atoms with E-state index < -0.39 is 0 Å². The molecule has 1 rings (SSSR count). The van der Waals surface area contributed by atoms with Gasteiger partial charge in [-0.3, -0.25) is 4.90 Å². The second-order valence-corrected chi connectivity index (χ2v) is 5.41. The summed E-state index contributed by atoms with van der Waals surface area (Å²) in [7, 11) is 0. The molecule has 1 fully saturated rings. The van der Waals surface area contributed by atoms with Crippen LogP contribution in [0.3, 0.4) is 0 Å². The standard InChI is InChI=1S/C15H32N2O/c1-3-18-13-9-10-16-14-15(2)17-11-7-5-4-6-8-12-17/h15-16H,3-14H2,1-2H3. The fourth-order valence-corrected chi connectivity index (χ4v) is 2.60. The minimum absolute atomic E-state index is 0.676. The normalized spacial score (nSPS) is 20.3. The van der Waals surface area contributed by atoms with Gasteiger partial charge < -0.3 is 10.1 Å². The zero-order valence-electron chi connectivity index (χ0n) is 12.4. The van der Waals surface area contributed by atoms with E-state index >= 15 is 0 Å². The predicted molar refractivity (Wildman–Crippen MR) is 78.1 cm³/mol. The predicted octanol–water partition coefficient (Wildman–Crippen LogP) is 2.66. The smallest absolute Gasteiger partial charge is 0.0477 e. The summed E-state index contributed by atoms with van der Waals surface area (Å²) in [4.78, 5) is 2.66. The highest BCUT2D eigenvalue weighted by Crippen LogP contribution is 2.12. The molecule has 0 aromatic heterocycles. The summed E-state index contributed by atoms with van der Waals surface area (Å²) in [5.41, 5.74) is 0. The number of hydrogen-bond acceptors (Lipinski definition) is 3. The van der Waals surface area contributed by atoms with Crippen molar-refractivity contribution in [1.82, 2.24) is 10.2 Å². The van der Waals surface area contributed by atoms with E-state index in [2.05, 4.69) is 24.1 Å². The third kappa shape index (κ3) is 7.34. The van der Waals surface area contributed by atoms with E-state index in [9.17, 15) is 0 Å². The average Bonchev–Trinajstić information content (AvgIpc) is 2.33. The Balaban J connectivity index is 2.04. The second-order valence-electron chi connectivity index (χ2n) is 5.41. The molecule has 1 unspecified atom stereocenters. The molecule has 0 saturated carbocycles. The molecule has 0 aromatic carbocycles. The van der Waals surface area contributed by atoms with Crippen molar-refractivity contribution in [2.24, 2.45) is 0 Å². The first kappa shape index (κ1) is 15.9. The van der Waals surface area contributed by atoms with Crippen molar-refractivity contribution in [3.8, 4) is 0 Å². The lowest BCUT2D eigenvalue weighted by atomic mass is 10.1. The zero-order valence-corrected chi connectivity index (χ0v) is 12.4. The van der Waals surface area contributed by atoms with Crippen LogP contribution in [0.2, 0.25) is 0 Å². The molecule has 0 aromatic rings. The molecule has 0 bridgehead atoms. The molecule has 3 heteroatoms. The molecular formula is C15H32N2O. The van der Waals surface area contributed by atoms with Gasteiger partial charge in [-0.2, -0.15) is 0 Å². The van der Waals surface area contributed by atoms with Gasteiger partial charge >= 0.3 is 0 Å². The van der Waals surface area contributed by atoms with Crippen LogP contribution in [0.4, 0.5) is 0 Å². The lowest BCUT2D eigenvalue weighted by Crippen LogP contribution is -2.42. The van der Waals surface area contributed by atoms with Crippen molar-refractivity contribution >= 4 is 0 Å². The minimum Gasteiger partial charge on any atom is -0.382 e. The maximum atomic E-state index is 5.34. The van der Waals surface area contributed by atoms with Gasteiger partial charge in [-0.1, -0.05) is 19.3 Å². The Labute approximate surface area is 113 Å². The summed E-state index contributed by atoms with van der Waals surface area (Å²) < 4.78 is 5.34. The molecule has 0 radical (unpaired) electrons. The highest BCUT2D eigenvalue weighted by atomic mass is 16.5. The quantitative estimate of drug-likeness (QED) is 0.676. The Morgan fingerprint density at radius 1 is 1.11 bits per heavy atom. The topological polar surface area (TPSA) is 24.5 Å². The van der Waals surface area contributed by atoms with Crippen LogP contribution in [0.1, 0.15) is 52.4 Å². The Morgan fingerprint density at radius 2 is 1.78 bits per heavy atom. The monoisotopic (exact) mass is 256 g/mol. The Morgan fingerprint density at radius 3 is 2.44 bits per heavy atom. The maximum Gasteiger partial charge on any atom is 0.0477 e. The number of hydrogen-bond donors (Lipinski definition) is 1. The van der Waals surface area contributed by atoms with Gasteiger partial charge in [-0.05, 0) is 52.7 Å². The largest absolute Gasteiger partial charge is 0.382 e. The van der Waals surface area contributed by atoms with Crippen LogP contribution in [-0.4, -0.2) is 50.3 Å². The number of likely N-dealkylation sites (tertiary alicyclic amines) is 1. The molecule has 1 atom stereocenters. The van der Waals surface area contributed by atoms with Gasteiger partial charge in [0, 0.05) is 25.8 Å². The molecule has 3 nitrogen and oxygen atoms in total. The first-order valence-corrected chi connectivity index (χ1v) is 7.87. The van der Waals surface area contributed by atoms with E-state index in [0.717, 1.165) is 32.7 Å². The number of rotatable bonds is 8. The van der Waals surface area contributed by atoms with Gasteiger partial charge in [-0.15, -0.1) is 0 Å². The van der Waals surface area contributed by atoms with Crippen LogP contribution >= 0.6 is 0 Å². The molecule has 1 N–H and O–H groups in total. The van der Waals surface area contributed by atoms with Crippen LogP contribution in [0.15, 0.2) is 0 Å². The Kier molecular flexibility index (Phi) is 9.54. The second kappa shape index (κ2) is 10.8. The van der Waals surface area contributed by atoms with Crippen molar-refractivity contribution in [3.05, 3.63) is 0 Å². The van der Waals surface area contributed by atoms with Crippen molar-refractivity contribution in [2.75, 3.05) is 39.4 Å². The zero-order chi connectivity index (χ0) is 13.1. The average molecular weight is 256 g/mol. The van der Waals surface area contributed by atoms with E-state index in [-0.39, 0.29) is 0 Å². The molecule has 0 spiro atoms. The first-order chi connectivity index (χ1) is 8.84. The summed E-state index contributed by atoms with van der Waals surface area (Å²) in [6, 6.07) is 0.676. The fourth-order valence-electron chi connectivity index (χ4n) is 2.60. The maximum absolute atomic E-state index is 5.34. The van der Waals surface area contributed by atoms with Crippen LogP contribution < -0.4 is 5.32 Å². The molecule has 108 valence electrons. The molecule has 0 amide bonds. The van der Waals surface area contributed by atoms with Crippen molar-refractivity contribution < 1.29 is 4.74 Å². The summed E-state index contributed by atoms with van der Waals surface area (Å²) in [5, 5.41) is 3.56. The summed E-state index contributed by atoms with van der Waals surface area (Å²) in [6.07, 6.45) is 8.18. The Bertz CT molecular complexity index is 179. The fraction of sp³-hybridized carbons (Fsp3) is 1.00. The van der Waals surface area contributed by atoms with Crippen molar-refractivity contribution in [1.29, 1.82) is 0 Å². The van der Waals surface area contributed by atoms with Crippen LogP contribution in [-0.2, 0) is 4.74 Å². The van der Waals surface area contributed by atoms with E-state index in [4.69, 9.17) is 4.74 Å². The lowest BCUT2D eigenvalue weighted by Gasteiger charge is -2.30. The first-order valence-electron chi connectivity index (χ1n) is 7.87. The van der Waals surface area contributed by atoms with Crippen LogP contribution in [0.25, 0.3) is 0 Å². The molecule has 1 aliphatic heterocycles. The van der Waals surface area contributed by atoms with Gasteiger partial charge in [0.1, 0.15) is 0 Å². The van der Waals surface area contributed by atoms with Crippen molar-refractivity contribution in [3.63, 3.8) is 0 Å². The molecule has 0 aliphatic carbocycles. The third-order valence-electron chi connectivity index (χ3n) is 3.80. The summed E-state index contributed by atoms with van der Waals surface area (Å²) in [5.74, 6) is 0. The van der Waals surface area contributed by atoms with E-state index in [1.807, 2.05) is 0 Å². The summed E-state index contributed by atoms with van der Waals surface area (Å²) >= 11 is 0. The molecule has 18 heavy (non-hydrogen) atoms. The van der Waals surface area contributed by atoms with Gasteiger partial charge in [-0.25, -0.2) is 0 Å². The highest BCUT2D eigenvalue weighted by molar-refractivity contribution is 4.71. The van der Waals surface area contributed by atoms with Crippen LogP contribution in [0, 0.1) is 0 Å². The van der Waals surface area contributed by atoms with E-state index in [1.54, 1.807) is 0 Å². The van der Waals surface area contributed by atoms with Gasteiger partial charge in [0.15, 0.2) is 0 Å². The number of nitrogens with zero attached hydrogens (tertiary/aromatic N) is 1. The molecule has 1 aliphatic rings. The lowest BCUT2D eigenvalue weighted by molar-refractivity contribution is 0.143. The summed E-state index contributed by atoms with van der Waals surface area (Å²) in [6.45, 7) is 10.9. The van der Waals surface area contributed by atoms with Crippen molar-refractivity contribution in [2.45, 2.75) is 58.4 Å². The van der Waals surface area contributed by atoms with E-state index in [1.165, 1.54) is 45.2 Å². The van der Waals surface area contributed by atoms with E-state index in [0.29, 0.717) is 6.04 Å². The molecule has 1 heterocycles.